The van der Waals surface area contributed by atoms with Crippen molar-refractivity contribution < 1.29 is 17.9 Å². The Hall–Kier alpha value is -2.85. The summed E-state index contributed by atoms with van der Waals surface area (Å²) in [6, 6.07) is 7.01. The van der Waals surface area contributed by atoms with Crippen molar-refractivity contribution in [3.05, 3.63) is 41.4 Å². The Morgan fingerprint density at radius 2 is 2.06 bits per heavy atom. The largest absolute Gasteiger partial charge is 0.433 e. The van der Waals surface area contributed by atoms with Gasteiger partial charge in [0.1, 0.15) is 28.4 Å². The minimum absolute atomic E-state index is 0.0416. The number of rotatable bonds is 5. The Balaban J connectivity index is 1.48. The van der Waals surface area contributed by atoms with Gasteiger partial charge in [0.05, 0.1) is 11.2 Å². The number of fused-ring (bicyclic) bond motifs is 4. The lowest BCUT2D eigenvalue weighted by atomic mass is 9.93. The van der Waals surface area contributed by atoms with E-state index in [0.29, 0.717) is 23.1 Å². The monoisotopic (exact) mass is 450 g/mol. The van der Waals surface area contributed by atoms with Crippen molar-refractivity contribution in [2.75, 3.05) is 23.3 Å². The maximum atomic E-state index is 14.7. The van der Waals surface area contributed by atoms with E-state index in [1.165, 1.54) is 18.5 Å². The number of pyridine rings is 1. The van der Waals surface area contributed by atoms with E-state index < -0.39 is 23.2 Å². The molecule has 3 fully saturated rings. The van der Waals surface area contributed by atoms with Crippen LogP contribution in [0.5, 0.6) is 5.75 Å². The maximum Gasteiger partial charge on any atom is 0.387 e. The van der Waals surface area contributed by atoms with Crippen molar-refractivity contribution in [3.63, 3.8) is 0 Å². The number of anilines is 3. The van der Waals surface area contributed by atoms with Crippen LogP contribution >= 0.6 is 11.6 Å². The van der Waals surface area contributed by atoms with Crippen LogP contribution in [-0.2, 0) is 0 Å². The second-order valence-electron chi connectivity index (χ2n) is 7.49. The van der Waals surface area contributed by atoms with E-state index in [9.17, 15) is 13.2 Å². The van der Waals surface area contributed by atoms with E-state index in [4.69, 9.17) is 16.6 Å². The minimum atomic E-state index is -3.11. The van der Waals surface area contributed by atoms with Crippen LogP contribution in [0.1, 0.15) is 12.8 Å². The lowest BCUT2D eigenvalue weighted by Crippen LogP contribution is -2.61. The van der Waals surface area contributed by atoms with Crippen LogP contribution in [0.3, 0.4) is 0 Å². The number of nitrogens with zero attached hydrogens (tertiary/aromatic N) is 4. The van der Waals surface area contributed by atoms with Gasteiger partial charge < -0.3 is 20.3 Å². The Morgan fingerprint density at radius 3 is 2.77 bits per heavy atom. The number of piperazine rings is 1. The average molecular weight is 451 g/mol. The van der Waals surface area contributed by atoms with Gasteiger partial charge in [-0.1, -0.05) is 11.6 Å². The molecule has 2 aromatic heterocycles. The number of hydrogen-bond donors (Lipinski definition) is 2. The van der Waals surface area contributed by atoms with Gasteiger partial charge in [-0.15, -0.1) is 0 Å². The van der Waals surface area contributed by atoms with Gasteiger partial charge in [-0.05, 0) is 37.1 Å². The lowest BCUT2D eigenvalue weighted by molar-refractivity contribution is -0.0499. The third-order valence-corrected chi connectivity index (χ3v) is 5.98. The molecule has 6 rings (SSSR count). The molecular formula is C20H18ClF3N6O. The smallest absolute Gasteiger partial charge is 0.387 e. The highest BCUT2D eigenvalue weighted by Crippen LogP contribution is 2.35. The van der Waals surface area contributed by atoms with Crippen molar-refractivity contribution in [1.82, 2.24) is 20.3 Å². The number of ether oxygens (including phenoxy) is 1. The first kappa shape index (κ1) is 20.1. The molecule has 3 saturated heterocycles. The van der Waals surface area contributed by atoms with Crippen LogP contribution < -0.4 is 20.3 Å². The van der Waals surface area contributed by atoms with Crippen LogP contribution in [-0.4, -0.2) is 46.7 Å². The van der Waals surface area contributed by atoms with E-state index in [0.717, 1.165) is 31.7 Å². The number of alkyl halides is 2. The standard InChI is InChI=1S/C20H18ClF3N6O/c21-16-14(31-20(23)24)5-3-12(17(16)22)28-19-18-13(26-9-27-19)4-6-15(29-18)30-8-10-1-2-11(30)7-25-10/h3-6,9-11,20,25H,1-2,7-8H2,(H,26,27,28)/t10-,11-/m1/s1. The first-order valence-electron chi connectivity index (χ1n) is 9.81. The van der Waals surface area contributed by atoms with Gasteiger partial charge in [0.2, 0.25) is 0 Å². The Labute approximate surface area is 180 Å². The van der Waals surface area contributed by atoms with Crippen LogP contribution in [0.4, 0.5) is 30.5 Å². The molecule has 7 nitrogen and oxygen atoms in total. The molecule has 3 aliphatic heterocycles. The Bertz CT molecular complexity index is 1130. The van der Waals surface area contributed by atoms with E-state index in [1.54, 1.807) is 0 Å². The molecular weight excluding hydrogens is 433 g/mol. The van der Waals surface area contributed by atoms with Gasteiger partial charge in [-0.3, -0.25) is 0 Å². The minimum Gasteiger partial charge on any atom is -0.433 e. The van der Waals surface area contributed by atoms with Crippen molar-refractivity contribution in [2.24, 2.45) is 0 Å². The fraction of sp³-hybridized carbons (Fsp3) is 0.350. The van der Waals surface area contributed by atoms with E-state index in [2.05, 4.69) is 30.2 Å². The molecule has 3 aliphatic rings. The van der Waals surface area contributed by atoms with Gasteiger partial charge in [-0.25, -0.2) is 19.3 Å². The zero-order chi connectivity index (χ0) is 21.5. The lowest BCUT2D eigenvalue weighted by Gasteiger charge is -2.46. The molecule has 3 aromatic rings. The fourth-order valence-corrected chi connectivity index (χ4v) is 4.32. The van der Waals surface area contributed by atoms with E-state index in [-0.39, 0.29) is 11.5 Å². The van der Waals surface area contributed by atoms with E-state index in [1.807, 2.05) is 12.1 Å². The average Bonchev–Trinajstić information content (AvgIpc) is 2.79. The summed E-state index contributed by atoms with van der Waals surface area (Å²) in [5.74, 6) is -0.283. The predicted octanol–water partition coefficient (Wildman–Crippen LogP) is 4.10. The maximum absolute atomic E-state index is 14.7. The molecule has 2 N–H and O–H groups in total. The highest BCUT2D eigenvalue weighted by molar-refractivity contribution is 6.32. The van der Waals surface area contributed by atoms with Crippen LogP contribution in [0.25, 0.3) is 11.0 Å². The molecule has 11 heteroatoms. The summed E-state index contributed by atoms with van der Waals surface area (Å²) >= 11 is 5.86. The number of benzene rings is 1. The van der Waals surface area contributed by atoms with Gasteiger partial charge in [0.25, 0.3) is 0 Å². The normalized spacial score (nSPS) is 20.5. The Morgan fingerprint density at radius 1 is 1.19 bits per heavy atom. The number of aromatic nitrogens is 3. The van der Waals surface area contributed by atoms with E-state index >= 15 is 0 Å². The highest BCUT2D eigenvalue weighted by atomic mass is 35.5. The summed E-state index contributed by atoms with van der Waals surface area (Å²) in [6.07, 6.45) is 3.59. The second kappa shape index (κ2) is 8.01. The summed E-state index contributed by atoms with van der Waals surface area (Å²) in [4.78, 5) is 15.5. The molecule has 0 amide bonds. The molecule has 0 saturated carbocycles. The highest BCUT2D eigenvalue weighted by Gasteiger charge is 2.34. The number of nitrogens with one attached hydrogen (secondary N) is 2. The topological polar surface area (TPSA) is 75.2 Å². The zero-order valence-electron chi connectivity index (χ0n) is 16.2. The summed E-state index contributed by atoms with van der Waals surface area (Å²) in [5.41, 5.74) is 1.02. The zero-order valence-corrected chi connectivity index (χ0v) is 16.9. The van der Waals surface area contributed by atoms with Crippen LogP contribution in [0, 0.1) is 5.82 Å². The number of piperidine rings is 2. The Kier molecular flexibility index (Phi) is 5.19. The van der Waals surface area contributed by atoms with Crippen molar-refractivity contribution in [1.29, 1.82) is 0 Å². The SMILES string of the molecule is Fc1c(Nc2ncnc3ccc(N4C[C@H]5CC[C@@H]4CN5)nc23)ccc(OC(F)F)c1Cl. The molecule has 0 unspecified atom stereocenters. The molecule has 0 spiro atoms. The molecule has 1 aromatic carbocycles. The molecule has 0 radical (unpaired) electrons. The van der Waals surface area contributed by atoms with Gasteiger partial charge in [-0.2, -0.15) is 8.78 Å². The molecule has 2 bridgehead atoms. The van der Waals surface area contributed by atoms with Crippen molar-refractivity contribution >= 4 is 40.0 Å². The molecule has 162 valence electrons. The van der Waals surface area contributed by atoms with Crippen molar-refractivity contribution in [2.45, 2.75) is 31.5 Å². The summed E-state index contributed by atoms with van der Waals surface area (Å²) < 4.78 is 43.8. The van der Waals surface area contributed by atoms with Gasteiger partial charge in [0.15, 0.2) is 11.6 Å². The summed E-state index contributed by atoms with van der Waals surface area (Å²) in [7, 11) is 0. The van der Waals surface area contributed by atoms with Crippen LogP contribution in [0.15, 0.2) is 30.6 Å². The van der Waals surface area contributed by atoms with Gasteiger partial charge >= 0.3 is 6.61 Å². The molecule has 0 aliphatic carbocycles. The number of halogens is 4. The molecule has 5 heterocycles. The summed E-state index contributed by atoms with van der Waals surface area (Å²) in [5, 5.41) is 5.82. The third kappa shape index (κ3) is 3.81. The first-order valence-corrected chi connectivity index (χ1v) is 10.2. The quantitative estimate of drug-likeness (QED) is 0.606. The second-order valence-corrected chi connectivity index (χ2v) is 7.87. The first-order chi connectivity index (χ1) is 15.0. The predicted molar refractivity (Wildman–Crippen MR) is 111 cm³/mol. The number of hydrogen-bond acceptors (Lipinski definition) is 7. The van der Waals surface area contributed by atoms with Crippen molar-refractivity contribution in [3.8, 4) is 5.75 Å². The van der Waals surface area contributed by atoms with Crippen LogP contribution in [0.2, 0.25) is 5.02 Å². The molecule has 2 atom stereocenters. The van der Waals surface area contributed by atoms with Gasteiger partial charge in [0, 0.05) is 25.2 Å². The third-order valence-electron chi connectivity index (χ3n) is 5.63. The summed E-state index contributed by atoms with van der Waals surface area (Å²) in [6.45, 7) is -1.32. The molecule has 31 heavy (non-hydrogen) atoms. The fourth-order valence-electron chi connectivity index (χ4n) is 4.11.